The zero-order valence-electron chi connectivity index (χ0n) is 18.8. The molecule has 3 unspecified atom stereocenters. The predicted octanol–water partition coefficient (Wildman–Crippen LogP) is 7.33. The van der Waals surface area contributed by atoms with E-state index in [4.69, 9.17) is 0 Å². The summed E-state index contributed by atoms with van der Waals surface area (Å²) in [7, 11) is 0. The zero-order valence-corrected chi connectivity index (χ0v) is 18.8. The highest BCUT2D eigenvalue weighted by atomic mass is 19.4. The lowest BCUT2D eigenvalue weighted by atomic mass is 9.84. The van der Waals surface area contributed by atoms with Crippen LogP contribution in [-0.2, 0) is 11.0 Å². The van der Waals surface area contributed by atoms with Crippen LogP contribution in [0.15, 0.2) is 42.5 Å². The van der Waals surface area contributed by atoms with E-state index in [-0.39, 0.29) is 12.3 Å². The third kappa shape index (κ3) is 6.31. The van der Waals surface area contributed by atoms with Gasteiger partial charge in [0.2, 0.25) is 0 Å². The summed E-state index contributed by atoms with van der Waals surface area (Å²) in [6.07, 6.45) is -7.87. The lowest BCUT2D eigenvalue weighted by molar-refractivity contribution is -0.163. The van der Waals surface area contributed by atoms with Crippen molar-refractivity contribution in [3.63, 3.8) is 0 Å². The minimum Gasteiger partial charge on any atom is -0.481 e. The number of carboxylic acid groups (broad SMARTS) is 1. The molecule has 186 valence electrons. The summed E-state index contributed by atoms with van der Waals surface area (Å²) in [6, 6.07) is 6.98. The number of aliphatic carboxylic acids is 1. The summed E-state index contributed by atoms with van der Waals surface area (Å²) in [6.45, 7) is 3.74. The maximum Gasteiger partial charge on any atom is 0.416 e. The number of alkyl halides is 6. The molecule has 0 aromatic heterocycles. The van der Waals surface area contributed by atoms with E-state index in [1.165, 1.54) is 12.1 Å². The second-order valence-corrected chi connectivity index (χ2v) is 9.23. The number of halogens is 6. The van der Waals surface area contributed by atoms with E-state index in [0.717, 1.165) is 12.1 Å². The molecule has 0 spiro atoms. The number of benzene rings is 2. The standard InChI is InChI=1S/C25H27F6NO2/c1-14(2)10-20(23(33)34)17-11-16(15-6-8-19(9-7-15)24(26,27)28)12-18(13-17)21-4-3-5-22(32-21)25(29,30)31/h6-9,11-14,20-22,32H,3-5,10H2,1-2H3,(H,33,34). The quantitative estimate of drug-likeness (QED) is 0.420. The molecular formula is C25H27F6NO2. The highest BCUT2D eigenvalue weighted by molar-refractivity contribution is 5.77. The molecule has 1 fully saturated rings. The van der Waals surface area contributed by atoms with Crippen LogP contribution in [0.25, 0.3) is 11.1 Å². The van der Waals surface area contributed by atoms with Gasteiger partial charge < -0.3 is 5.11 Å². The van der Waals surface area contributed by atoms with Crippen molar-refractivity contribution in [2.24, 2.45) is 5.92 Å². The zero-order chi connectivity index (χ0) is 25.3. The van der Waals surface area contributed by atoms with E-state index >= 15 is 0 Å². The summed E-state index contributed by atoms with van der Waals surface area (Å²) < 4.78 is 78.9. The maximum atomic E-state index is 13.3. The summed E-state index contributed by atoms with van der Waals surface area (Å²) >= 11 is 0. The summed E-state index contributed by atoms with van der Waals surface area (Å²) in [5, 5.41) is 12.5. The van der Waals surface area contributed by atoms with Crippen LogP contribution >= 0.6 is 0 Å². The van der Waals surface area contributed by atoms with Crippen LogP contribution in [-0.4, -0.2) is 23.3 Å². The Balaban J connectivity index is 2.07. The third-order valence-electron chi connectivity index (χ3n) is 6.12. The number of nitrogens with one attached hydrogen (secondary N) is 1. The highest BCUT2D eigenvalue weighted by Gasteiger charge is 2.42. The molecule has 9 heteroatoms. The lowest BCUT2D eigenvalue weighted by Crippen LogP contribution is -2.46. The van der Waals surface area contributed by atoms with Crippen molar-refractivity contribution >= 4 is 5.97 Å². The van der Waals surface area contributed by atoms with Crippen LogP contribution in [0.1, 0.15) is 68.2 Å². The molecular weight excluding hydrogens is 460 g/mol. The molecule has 1 heterocycles. The van der Waals surface area contributed by atoms with Crippen molar-refractivity contribution in [3.05, 3.63) is 59.2 Å². The summed E-state index contributed by atoms with van der Waals surface area (Å²) in [4.78, 5) is 12.0. The van der Waals surface area contributed by atoms with E-state index in [2.05, 4.69) is 5.32 Å². The Morgan fingerprint density at radius 3 is 2.18 bits per heavy atom. The van der Waals surface area contributed by atoms with E-state index in [1.54, 1.807) is 18.2 Å². The van der Waals surface area contributed by atoms with Crippen LogP contribution in [0.2, 0.25) is 0 Å². The summed E-state index contributed by atoms with van der Waals surface area (Å²) in [5.41, 5.74) is 0.985. The molecule has 0 aliphatic carbocycles. The van der Waals surface area contributed by atoms with E-state index in [0.29, 0.717) is 41.5 Å². The minimum absolute atomic E-state index is 0.0432. The molecule has 3 rings (SSSR count). The molecule has 0 saturated carbocycles. The molecule has 2 aromatic rings. The molecule has 1 aliphatic heterocycles. The first-order valence-corrected chi connectivity index (χ1v) is 11.1. The fraction of sp³-hybridized carbons (Fsp3) is 0.480. The molecule has 0 radical (unpaired) electrons. The normalized spacial score (nSPS) is 20.4. The smallest absolute Gasteiger partial charge is 0.416 e. The van der Waals surface area contributed by atoms with Gasteiger partial charge in [0.05, 0.1) is 11.5 Å². The fourth-order valence-electron chi connectivity index (χ4n) is 4.40. The molecule has 3 atom stereocenters. The predicted molar refractivity (Wildman–Crippen MR) is 116 cm³/mol. The van der Waals surface area contributed by atoms with Gasteiger partial charge in [-0.05, 0) is 72.1 Å². The van der Waals surface area contributed by atoms with Gasteiger partial charge in [-0.1, -0.05) is 38.1 Å². The van der Waals surface area contributed by atoms with Crippen LogP contribution < -0.4 is 5.32 Å². The average Bonchev–Trinajstić information content (AvgIpc) is 2.76. The largest absolute Gasteiger partial charge is 0.481 e. The van der Waals surface area contributed by atoms with Gasteiger partial charge in [-0.2, -0.15) is 26.3 Å². The Morgan fingerprint density at radius 1 is 1.00 bits per heavy atom. The highest BCUT2D eigenvalue weighted by Crippen LogP contribution is 2.38. The van der Waals surface area contributed by atoms with Gasteiger partial charge in [-0.3, -0.25) is 10.1 Å². The van der Waals surface area contributed by atoms with Gasteiger partial charge in [-0.25, -0.2) is 0 Å². The van der Waals surface area contributed by atoms with Gasteiger partial charge >= 0.3 is 18.3 Å². The monoisotopic (exact) mass is 487 g/mol. The van der Waals surface area contributed by atoms with E-state index in [9.17, 15) is 36.2 Å². The summed E-state index contributed by atoms with van der Waals surface area (Å²) in [5.74, 6) is -1.91. The molecule has 0 amide bonds. The average molecular weight is 487 g/mol. The molecule has 1 aliphatic rings. The van der Waals surface area contributed by atoms with Gasteiger partial charge in [0.15, 0.2) is 0 Å². The molecule has 2 aromatic carbocycles. The Morgan fingerprint density at radius 2 is 1.65 bits per heavy atom. The maximum absolute atomic E-state index is 13.3. The third-order valence-corrected chi connectivity index (χ3v) is 6.12. The number of hydrogen-bond acceptors (Lipinski definition) is 2. The van der Waals surface area contributed by atoms with Gasteiger partial charge in [0, 0.05) is 6.04 Å². The Kier molecular flexibility index (Phi) is 7.65. The number of carboxylic acids is 1. The van der Waals surface area contributed by atoms with Crippen LogP contribution in [0.4, 0.5) is 26.3 Å². The molecule has 34 heavy (non-hydrogen) atoms. The number of piperidine rings is 1. The molecule has 1 saturated heterocycles. The lowest BCUT2D eigenvalue weighted by Gasteiger charge is -2.33. The Labute approximate surface area is 194 Å². The first-order valence-electron chi connectivity index (χ1n) is 11.1. The Hall–Kier alpha value is -2.55. The second-order valence-electron chi connectivity index (χ2n) is 9.23. The fourth-order valence-corrected chi connectivity index (χ4v) is 4.40. The van der Waals surface area contributed by atoms with Crippen LogP contribution in [0.3, 0.4) is 0 Å². The van der Waals surface area contributed by atoms with Gasteiger partial charge in [-0.15, -0.1) is 0 Å². The van der Waals surface area contributed by atoms with Gasteiger partial charge in [0.1, 0.15) is 6.04 Å². The number of carbonyl (C=O) groups is 1. The van der Waals surface area contributed by atoms with Crippen molar-refractivity contribution < 1.29 is 36.2 Å². The van der Waals surface area contributed by atoms with Crippen molar-refractivity contribution in [2.75, 3.05) is 0 Å². The number of hydrogen-bond donors (Lipinski definition) is 2. The van der Waals surface area contributed by atoms with E-state index in [1.807, 2.05) is 13.8 Å². The van der Waals surface area contributed by atoms with E-state index < -0.39 is 41.9 Å². The van der Waals surface area contributed by atoms with Crippen LogP contribution in [0.5, 0.6) is 0 Å². The molecule has 2 N–H and O–H groups in total. The van der Waals surface area contributed by atoms with Crippen LogP contribution in [0, 0.1) is 5.92 Å². The van der Waals surface area contributed by atoms with Crippen molar-refractivity contribution in [1.29, 1.82) is 0 Å². The topological polar surface area (TPSA) is 49.3 Å². The Bertz CT molecular complexity index is 998. The second kappa shape index (κ2) is 9.98. The molecule has 3 nitrogen and oxygen atoms in total. The number of rotatable bonds is 6. The van der Waals surface area contributed by atoms with Crippen molar-refractivity contribution in [3.8, 4) is 11.1 Å². The first-order chi connectivity index (χ1) is 15.8. The van der Waals surface area contributed by atoms with Gasteiger partial charge in [0.25, 0.3) is 0 Å². The molecule has 0 bridgehead atoms. The van der Waals surface area contributed by atoms with Crippen molar-refractivity contribution in [1.82, 2.24) is 5.32 Å². The SMILES string of the molecule is CC(C)CC(C(=O)O)c1cc(-c2ccc(C(F)(F)F)cc2)cc(C2CCCC(C(F)(F)F)N2)c1. The van der Waals surface area contributed by atoms with Crippen molar-refractivity contribution in [2.45, 2.75) is 69.9 Å². The minimum atomic E-state index is -4.50. The first kappa shape index (κ1) is 26.1.